The van der Waals surface area contributed by atoms with Crippen LogP contribution < -0.4 is 10.1 Å². The number of fused-ring (bicyclic) bond motifs is 1. The van der Waals surface area contributed by atoms with Gasteiger partial charge >= 0.3 is 0 Å². The maximum absolute atomic E-state index is 12.9. The summed E-state index contributed by atoms with van der Waals surface area (Å²) in [6.45, 7) is 5.33. The Morgan fingerprint density at radius 3 is 2.59 bits per heavy atom. The van der Waals surface area contributed by atoms with Gasteiger partial charge in [0.25, 0.3) is 11.8 Å². The molecule has 0 fully saturated rings. The fourth-order valence-electron chi connectivity index (χ4n) is 4.02. The van der Waals surface area contributed by atoms with Gasteiger partial charge in [0.05, 0.1) is 0 Å². The molecule has 7 nitrogen and oxygen atoms in total. The molecule has 2 heterocycles. The molecule has 1 N–H and O–H groups in total. The van der Waals surface area contributed by atoms with Crippen LogP contribution in [0.1, 0.15) is 38.4 Å². The van der Waals surface area contributed by atoms with Gasteiger partial charge in [-0.2, -0.15) is 5.10 Å². The molecule has 7 heteroatoms. The van der Waals surface area contributed by atoms with Gasteiger partial charge in [0, 0.05) is 44.4 Å². The van der Waals surface area contributed by atoms with E-state index in [9.17, 15) is 9.59 Å². The molecule has 166 valence electrons. The molecule has 0 unspecified atom stereocenters. The minimum absolute atomic E-state index is 0.0338. The zero-order valence-corrected chi connectivity index (χ0v) is 18.7. The molecule has 1 aromatic heterocycles. The van der Waals surface area contributed by atoms with Crippen molar-refractivity contribution in [1.82, 2.24) is 20.0 Å². The third-order valence-electron chi connectivity index (χ3n) is 5.70. The lowest BCUT2D eigenvalue weighted by molar-refractivity contribution is -0.134. The number of aryl methyl sites for hydroxylation is 3. The third-order valence-corrected chi connectivity index (χ3v) is 5.70. The molecule has 4 rings (SSSR count). The topological polar surface area (TPSA) is 76.5 Å². The number of carbonyl (C=O) groups is 2. The zero-order valence-electron chi connectivity index (χ0n) is 18.7. The molecule has 0 saturated heterocycles. The predicted molar refractivity (Wildman–Crippen MR) is 121 cm³/mol. The number of ether oxygens (including phenoxy) is 1. The maximum Gasteiger partial charge on any atom is 0.272 e. The maximum atomic E-state index is 12.9. The smallest absolute Gasteiger partial charge is 0.272 e. The summed E-state index contributed by atoms with van der Waals surface area (Å²) in [5, 5.41) is 7.41. The highest BCUT2D eigenvalue weighted by molar-refractivity contribution is 5.94. The summed E-state index contributed by atoms with van der Waals surface area (Å²) in [5.41, 5.74) is 5.45. The normalized spacial score (nSPS) is 12.9. The van der Waals surface area contributed by atoms with Crippen molar-refractivity contribution in [2.75, 3.05) is 13.2 Å². The summed E-state index contributed by atoms with van der Waals surface area (Å²) in [6.07, 6.45) is 0.653. The highest BCUT2D eigenvalue weighted by atomic mass is 16.5. The first kappa shape index (κ1) is 21.6. The summed E-state index contributed by atoms with van der Waals surface area (Å²) >= 11 is 0. The van der Waals surface area contributed by atoms with Gasteiger partial charge in [-0.25, -0.2) is 0 Å². The molecule has 0 spiro atoms. The average molecular weight is 433 g/mol. The van der Waals surface area contributed by atoms with E-state index in [0.717, 1.165) is 27.9 Å². The van der Waals surface area contributed by atoms with Crippen molar-refractivity contribution in [1.29, 1.82) is 0 Å². The summed E-state index contributed by atoms with van der Waals surface area (Å²) in [7, 11) is 1.84. The molecule has 0 saturated carbocycles. The van der Waals surface area contributed by atoms with E-state index in [1.54, 1.807) is 9.58 Å². The van der Waals surface area contributed by atoms with Crippen LogP contribution in [0.2, 0.25) is 0 Å². The molecule has 2 aromatic carbocycles. The summed E-state index contributed by atoms with van der Waals surface area (Å²) in [5.74, 6) is 0.342. The molecule has 0 bridgehead atoms. The second-order valence-electron chi connectivity index (χ2n) is 8.24. The second-order valence-corrected chi connectivity index (χ2v) is 8.24. The van der Waals surface area contributed by atoms with Crippen LogP contribution >= 0.6 is 0 Å². The first-order valence-electron chi connectivity index (χ1n) is 10.8. The third kappa shape index (κ3) is 4.82. The number of carbonyl (C=O) groups excluding carboxylic acids is 2. The van der Waals surface area contributed by atoms with E-state index in [1.165, 1.54) is 0 Å². The van der Waals surface area contributed by atoms with E-state index in [-0.39, 0.29) is 18.4 Å². The number of hydrogen-bond donors (Lipinski definition) is 1. The number of nitrogens with one attached hydrogen (secondary N) is 1. The number of hydrogen-bond acceptors (Lipinski definition) is 4. The highest BCUT2D eigenvalue weighted by Crippen LogP contribution is 2.23. The summed E-state index contributed by atoms with van der Waals surface area (Å²) < 4.78 is 7.43. The fraction of sp³-hybridized carbons (Fsp3) is 0.320. The molecule has 0 radical (unpaired) electrons. The number of benzene rings is 2. The lowest BCUT2D eigenvalue weighted by Crippen LogP contribution is -2.39. The minimum Gasteiger partial charge on any atom is -0.484 e. The standard InChI is InChI=1S/C25H28N4O3/c1-17-6-4-8-19(12-17)14-26-25(31)24-21-15-29(11-10-22(21)28(3)27-24)23(30)16-32-20-9-5-7-18(2)13-20/h4-9,12-13H,10-11,14-16H2,1-3H3,(H,26,31). The molecule has 0 aliphatic carbocycles. The van der Waals surface area contributed by atoms with Gasteiger partial charge in [-0.15, -0.1) is 0 Å². The Morgan fingerprint density at radius 2 is 1.84 bits per heavy atom. The summed E-state index contributed by atoms with van der Waals surface area (Å²) in [4.78, 5) is 27.4. The Morgan fingerprint density at radius 1 is 1.09 bits per heavy atom. The van der Waals surface area contributed by atoms with Crippen LogP contribution in [0.5, 0.6) is 5.75 Å². The molecule has 1 aliphatic heterocycles. The van der Waals surface area contributed by atoms with Crippen molar-refractivity contribution < 1.29 is 14.3 Å². The first-order chi connectivity index (χ1) is 15.4. The van der Waals surface area contributed by atoms with Crippen LogP contribution in [0.3, 0.4) is 0 Å². The Bertz CT molecular complexity index is 1150. The van der Waals surface area contributed by atoms with Gasteiger partial charge in [0.1, 0.15) is 5.75 Å². The molecule has 2 amide bonds. The van der Waals surface area contributed by atoms with Gasteiger partial charge in [0.2, 0.25) is 0 Å². The SMILES string of the molecule is Cc1cccc(CNC(=O)c2nn(C)c3c2CN(C(=O)COc2cccc(C)c2)CC3)c1. The van der Waals surface area contributed by atoms with Crippen molar-refractivity contribution in [3.8, 4) is 5.75 Å². The van der Waals surface area contributed by atoms with E-state index in [2.05, 4.69) is 10.4 Å². The largest absolute Gasteiger partial charge is 0.484 e. The van der Waals surface area contributed by atoms with Crippen LogP contribution in [0.4, 0.5) is 0 Å². The minimum atomic E-state index is -0.228. The molecule has 1 aliphatic rings. The lowest BCUT2D eigenvalue weighted by atomic mass is 10.0. The average Bonchev–Trinajstić information content (AvgIpc) is 3.12. The first-order valence-corrected chi connectivity index (χ1v) is 10.8. The molecular formula is C25H28N4O3. The van der Waals surface area contributed by atoms with Crippen molar-refractivity contribution in [3.05, 3.63) is 82.2 Å². The van der Waals surface area contributed by atoms with Crippen molar-refractivity contribution >= 4 is 11.8 Å². The summed E-state index contributed by atoms with van der Waals surface area (Å²) in [6, 6.07) is 15.6. The van der Waals surface area contributed by atoms with Gasteiger partial charge in [-0.05, 0) is 37.1 Å². The Labute approximate surface area is 188 Å². The Kier molecular flexibility index (Phi) is 6.25. The van der Waals surface area contributed by atoms with E-state index < -0.39 is 0 Å². The molecule has 3 aromatic rings. The monoisotopic (exact) mass is 432 g/mol. The van der Waals surface area contributed by atoms with Crippen molar-refractivity contribution in [2.45, 2.75) is 33.4 Å². The number of nitrogens with zero attached hydrogens (tertiary/aromatic N) is 3. The van der Waals surface area contributed by atoms with Gasteiger partial charge in [-0.3, -0.25) is 14.3 Å². The van der Waals surface area contributed by atoms with Crippen molar-refractivity contribution in [3.63, 3.8) is 0 Å². The Balaban J connectivity index is 1.42. The number of rotatable bonds is 6. The molecule has 32 heavy (non-hydrogen) atoms. The van der Waals surface area contributed by atoms with Gasteiger partial charge < -0.3 is 15.0 Å². The van der Waals surface area contributed by atoms with Crippen LogP contribution in [0, 0.1) is 13.8 Å². The van der Waals surface area contributed by atoms with Crippen LogP contribution in [-0.4, -0.2) is 39.6 Å². The number of amides is 2. The lowest BCUT2D eigenvalue weighted by Gasteiger charge is -2.27. The van der Waals surface area contributed by atoms with E-state index in [4.69, 9.17) is 4.74 Å². The predicted octanol–water partition coefficient (Wildman–Crippen LogP) is 2.93. The van der Waals surface area contributed by atoms with Crippen LogP contribution in [0.15, 0.2) is 48.5 Å². The highest BCUT2D eigenvalue weighted by Gasteiger charge is 2.29. The Hall–Kier alpha value is -3.61. The quantitative estimate of drug-likeness (QED) is 0.650. The van der Waals surface area contributed by atoms with Crippen LogP contribution in [-0.2, 0) is 31.4 Å². The zero-order chi connectivity index (χ0) is 22.7. The molecule has 0 atom stereocenters. The van der Waals surface area contributed by atoms with E-state index in [1.807, 2.05) is 69.4 Å². The van der Waals surface area contributed by atoms with Gasteiger partial charge in [0.15, 0.2) is 12.3 Å². The second kappa shape index (κ2) is 9.26. The van der Waals surface area contributed by atoms with E-state index >= 15 is 0 Å². The van der Waals surface area contributed by atoms with Gasteiger partial charge in [-0.1, -0.05) is 42.0 Å². The van der Waals surface area contributed by atoms with E-state index in [0.29, 0.717) is 37.5 Å². The van der Waals surface area contributed by atoms with Crippen molar-refractivity contribution in [2.24, 2.45) is 7.05 Å². The molecular weight excluding hydrogens is 404 g/mol. The number of aromatic nitrogens is 2. The fourth-order valence-corrected chi connectivity index (χ4v) is 4.02. The van der Waals surface area contributed by atoms with Crippen LogP contribution in [0.25, 0.3) is 0 Å².